The van der Waals surface area contributed by atoms with Crippen LogP contribution in [-0.2, 0) is 14.3 Å². The number of fused-ring (bicyclic) bond motifs is 1. The second-order valence-electron chi connectivity index (χ2n) is 9.00. The summed E-state index contributed by atoms with van der Waals surface area (Å²) in [6.45, 7) is 9.55. The van der Waals surface area contributed by atoms with Gasteiger partial charge in [-0.1, -0.05) is 17.4 Å². The summed E-state index contributed by atoms with van der Waals surface area (Å²) in [5.41, 5.74) is 1.70. The number of methoxy groups -OCH3 is 1. The van der Waals surface area contributed by atoms with Crippen molar-refractivity contribution in [2.24, 2.45) is 4.99 Å². The molecule has 1 aromatic heterocycles. The lowest BCUT2D eigenvalue weighted by molar-refractivity contribution is -0.139. The highest BCUT2D eigenvalue weighted by atomic mass is 127. The standard InChI is InChI=1S/C30H31IN2O8S/c1-7-38-21-11-10-19(15-22(21)39-8-2)26-25(29(36)40-9-3)16(4)32-30-33(26)28(35)24(42-30)14-18-12-20(31)27(41-17(5)34)23(13-18)37-6/h10-15,26H,7-9H2,1-6H3/b24-14-/t26-/m1/s1. The second-order valence-corrected chi connectivity index (χ2v) is 11.2. The third-order valence-corrected chi connectivity index (χ3v) is 7.98. The van der Waals surface area contributed by atoms with Crippen molar-refractivity contribution >= 4 is 51.9 Å². The molecule has 2 heterocycles. The van der Waals surface area contributed by atoms with Crippen LogP contribution in [0, 0.1) is 3.57 Å². The van der Waals surface area contributed by atoms with Crippen molar-refractivity contribution in [2.75, 3.05) is 26.9 Å². The number of carbonyl (C=O) groups excluding carboxylic acids is 2. The highest BCUT2D eigenvalue weighted by Crippen LogP contribution is 2.37. The number of hydrogen-bond acceptors (Lipinski definition) is 10. The van der Waals surface area contributed by atoms with Crippen molar-refractivity contribution in [1.29, 1.82) is 0 Å². The Kier molecular flexibility index (Phi) is 10.1. The van der Waals surface area contributed by atoms with Gasteiger partial charge in [0.1, 0.15) is 0 Å². The monoisotopic (exact) mass is 706 g/mol. The molecule has 10 nitrogen and oxygen atoms in total. The van der Waals surface area contributed by atoms with Gasteiger partial charge in [0.15, 0.2) is 27.8 Å². The number of aromatic nitrogens is 1. The smallest absolute Gasteiger partial charge is 0.338 e. The Morgan fingerprint density at radius 1 is 1.05 bits per heavy atom. The van der Waals surface area contributed by atoms with E-state index in [2.05, 4.69) is 4.99 Å². The predicted molar refractivity (Wildman–Crippen MR) is 166 cm³/mol. The Morgan fingerprint density at radius 2 is 1.76 bits per heavy atom. The maximum Gasteiger partial charge on any atom is 0.338 e. The number of esters is 2. The third-order valence-electron chi connectivity index (χ3n) is 6.20. The van der Waals surface area contributed by atoms with E-state index in [0.29, 0.717) is 65.9 Å². The summed E-state index contributed by atoms with van der Waals surface area (Å²) < 4.78 is 30.3. The first-order valence-electron chi connectivity index (χ1n) is 13.3. The summed E-state index contributed by atoms with van der Waals surface area (Å²) in [6, 6.07) is 8.04. The second kappa shape index (κ2) is 13.6. The fourth-order valence-corrected chi connectivity index (χ4v) is 6.34. The molecule has 0 saturated heterocycles. The molecular formula is C30H31IN2O8S. The van der Waals surface area contributed by atoms with Crippen LogP contribution in [0.15, 0.2) is 51.4 Å². The van der Waals surface area contributed by atoms with Crippen LogP contribution >= 0.6 is 33.9 Å². The summed E-state index contributed by atoms with van der Waals surface area (Å²) >= 11 is 3.25. The van der Waals surface area contributed by atoms with Gasteiger partial charge >= 0.3 is 11.9 Å². The maximum atomic E-state index is 14.0. The summed E-state index contributed by atoms with van der Waals surface area (Å²) in [4.78, 5) is 43.9. The van der Waals surface area contributed by atoms with Crippen molar-refractivity contribution in [1.82, 2.24) is 4.57 Å². The highest BCUT2D eigenvalue weighted by Gasteiger charge is 2.34. The molecule has 12 heteroatoms. The Bertz CT molecular complexity index is 1740. The van der Waals surface area contributed by atoms with Gasteiger partial charge in [-0.2, -0.15) is 0 Å². The SMILES string of the molecule is CCOC(=O)C1=C(C)N=c2s/c(=C\c3cc(I)c(OC(C)=O)c(OC)c3)c(=O)n2[C@@H]1c1ccc(OCC)c(OCC)c1. The van der Waals surface area contributed by atoms with E-state index in [1.54, 1.807) is 44.2 Å². The number of ether oxygens (including phenoxy) is 5. The van der Waals surface area contributed by atoms with Gasteiger partial charge in [0.25, 0.3) is 5.56 Å². The number of rotatable bonds is 10. The molecule has 0 aliphatic carbocycles. The molecule has 0 fully saturated rings. The van der Waals surface area contributed by atoms with Crippen LogP contribution < -0.4 is 33.8 Å². The molecule has 0 unspecified atom stereocenters. The van der Waals surface area contributed by atoms with Crippen molar-refractivity contribution < 1.29 is 33.3 Å². The quantitative estimate of drug-likeness (QED) is 0.176. The van der Waals surface area contributed by atoms with E-state index >= 15 is 0 Å². The van der Waals surface area contributed by atoms with Gasteiger partial charge in [-0.05, 0) is 91.8 Å². The molecule has 4 rings (SSSR count). The van der Waals surface area contributed by atoms with E-state index < -0.39 is 18.0 Å². The number of allylic oxidation sites excluding steroid dienone is 1. The molecule has 222 valence electrons. The van der Waals surface area contributed by atoms with Crippen molar-refractivity contribution in [3.63, 3.8) is 0 Å². The summed E-state index contributed by atoms with van der Waals surface area (Å²) in [7, 11) is 1.48. The molecule has 0 bridgehead atoms. The molecule has 3 aromatic rings. The number of halogens is 1. The molecule has 0 saturated carbocycles. The van der Waals surface area contributed by atoms with Crippen molar-refractivity contribution in [3.05, 3.63) is 76.0 Å². The largest absolute Gasteiger partial charge is 0.493 e. The van der Waals surface area contributed by atoms with Crippen LogP contribution in [0.25, 0.3) is 6.08 Å². The lowest BCUT2D eigenvalue weighted by atomic mass is 9.95. The number of benzene rings is 2. The molecule has 1 aliphatic rings. The molecule has 0 radical (unpaired) electrons. The van der Waals surface area contributed by atoms with Crippen LogP contribution in [0.4, 0.5) is 0 Å². The molecule has 42 heavy (non-hydrogen) atoms. The molecule has 0 spiro atoms. The molecule has 1 aliphatic heterocycles. The van der Waals surface area contributed by atoms with E-state index in [1.807, 2.05) is 42.5 Å². The summed E-state index contributed by atoms with van der Waals surface area (Å²) in [5, 5.41) is 0. The van der Waals surface area contributed by atoms with Crippen molar-refractivity contribution in [3.8, 4) is 23.0 Å². The van der Waals surface area contributed by atoms with Crippen LogP contribution in [0.2, 0.25) is 0 Å². The number of nitrogens with zero attached hydrogens (tertiary/aromatic N) is 2. The normalized spacial score (nSPS) is 14.6. The van der Waals surface area contributed by atoms with Gasteiger partial charge in [0, 0.05) is 6.92 Å². The topological polar surface area (TPSA) is 115 Å². The highest BCUT2D eigenvalue weighted by molar-refractivity contribution is 14.1. The molecule has 1 atom stereocenters. The van der Waals surface area contributed by atoms with Crippen LogP contribution in [0.3, 0.4) is 0 Å². The van der Waals surface area contributed by atoms with Gasteiger partial charge in [-0.15, -0.1) is 0 Å². The number of thiazole rings is 1. The van der Waals surface area contributed by atoms with Gasteiger partial charge in [-0.25, -0.2) is 9.79 Å². The Labute approximate surface area is 260 Å². The van der Waals surface area contributed by atoms with E-state index in [0.717, 1.165) is 0 Å². The maximum absolute atomic E-state index is 14.0. The number of carbonyl (C=O) groups is 2. The first kappa shape index (κ1) is 31.3. The first-order chi connectivity index (χ1) is 20.1. The fraction of sp³-hybridized carbons (Fsp3) is 0.333. The average Bonchev–Trinajstić information content (AvgIpc) is 3.24. The minimum absolute atomic E-state index is 0.171. The predicted octanol–water partition coefficient (Wildman–Crippen LogP) is 4.13. The van der Waals surface area contributed by atoms with Crippen molar-refractivity contribution in [2.45, 2.75) is 40.7 Å². The van der Waals surface area contributed by atoms with E-state index in [9.17, 15) is 14.4 Å². The van der Waals surface area contributed by atoms with Gasteiger partial charge < -0.3 is 23.7 Å². The zero-order valence-electron chi connectivity index (χ0n) is 24.1. The first-order valence-corrected chi connectivity index (χ1v) is 15.2. The fourth-order valence-electron chi connectivity index (χ4n) is 4.56. The molecule has 2 aromatic carbocycles. The Balaban J connectivity index is 1.93. The van der Waals surface area contributed by atoms with Gasteiger partial charge in [-0.3, -0.25) is 14.2 Å². The van der Waals surface area contributed by atoms with E-state index in [-0.39, 0.29) is 17.7 Å². The lowest BCUT2D eigenvalue weighted by Crippen LogP contribution is -2.40. The Morgan fingerprint density at radius 3 is 2.40 bits per heavy atom. The lowest BCUT2D eigenvalue weighted by Gasteiger charge is -2.25. The van der Waals surface area contributed by atoms with Gasteiger partial charge in [0.2, 0.25) is 0 Å². The third kappa shape index (κ3) is 6.38. The zero-order chi connectivity index (χ0) is 30.6. The summed E-state index contributed by atoms with van der Waals surface area (Å²) in [5.74, 6) is 0.708. The van der Waals surface area contributed by atoms with Crippen LogP contribution in [0.5, 0.6) is 23.0 Å². The average molecular weight is 707 g/mol. The minimum atomic E-state index is -0.807. The summed E-state index contributed by atoms with van der Waals surface area (Å²) in [6.07, 6.45) is 1.72. The number of hydrogen-bond donors (Lipinski definition) is 0. The minimum Gasteiger partial charge on any atom is -0.493 e. The van der Waals surface area contributed by atoms with E-state index in [1.165, 1.54) is 29.9 Å². The molecular weight excluding hydrogens is 675 g/mol. The van der Waals surface area contributed by atoms with Crippen LogP contribution in [-0.4, -0.2) is 43.4 Å². The molecule has 0 amide bonds. The molecule has 0 N–H and O–H groups in total. The Hall–Kier alpha value is -3.65. The van der Waals surface area contributed by atoms with E-state index in [4.69, 9.17) is 23.7 Å². The zero-order valence-corrected chi connectivity index (χ0v) is 27.1. The van der Waals surface area contributed by atoms with Gasteiger partial charge in [0.05, 0.1) is 52.3 Å². The van der Waals surface area contributed by atoms with Crippen LogP contribution in [0.1, 0.15) is 51.8 Å².